The van der Waals surface area contributed by atoms with Crippen molar-refractivity contribution in [3.63, 3.8) is 0 Å². The van der Waals surface area contributed by atoms with Crippen LogP contribution in [-0.4, -0.2) is 22.3 Å². The van der Waals surface area contributed by atoms with Gasteiger partial charge in [-0.05, 0) is 24.6 Å². The fraction of sp³-hybridized carbons (Fsp3) is 0.182. The normalized spacial score (nSPS) is 11.1. The van der Waals surface area contributed by atoms with Crippen LogP contribution < -0.4 is 0 Å². The average molecular weight is 205 g/mol. The third-order valence-corrected chi connectivity index (χ3v) is 1.92. The molecular formula is C11H11NO3. The molecule has 1 heterocycles. The van der Waals surface area contributed by atoms with Crippen molar-refractivity contribution in [2.45, 2.75) is 13.3 Å². The van der Waals surface area contributed by atoms with Crippen LogP contribution in [0.15, 0.2) is 23.9 Å². The van der Waals surface area contributed by atoms with Crippen LogP contribution in [0.1, 0.15) is 29.4 Å². The van der Waals surface area contributed by atoms with E-state index in [-0.39, 0.29) is 0 Å². The number of rotatable bonds is 4. The van der Waals surface area contributed by atoms with Crippen LogP contribution in [0, 0.1) is 0 Å². The zero-order valence-electron chi connectivity index (χ0n) is 8.30. The summed E-state index contributed by atoms with van der Waals surface area (Å²) >= 11 is 0. The van der Waals surface area contributed by atoms with Crippen LogP contribution in [0.4, 0.5) is 0 Å². The molecule has 0 aromatic carbocycles. The van der Waals surface area contributed by atoms with Crippen LogP contribution in [0.3, 0.4) is 0 Å². The Morgan fingerprint density at radius 2 is 2.27 bits per heavy atom. The first-order valence-electron chi connectivity index (χ1n) is 4.52. The molecule has 0 bridgehead atoms. The van der Waals surface area contributed by atoms with E-state index in [1.54, 1.807) is 19.1 Å². The van der Waals surface area contributed by atoms with E-state index in [4.69, 9.17) is 5.11 Å². The van der Waals surface area contributed by atoms with Gasteiger partial charge in [-0.3, -0.25) is 9.78 Å². The minimum Gasteiger partial charge on any atom is -0.478 e. The zero-order valence-corrected chi connectivity index (χ0v) is 8.30. The highest BCUT2D eigenvalue weighted by atomic mass is 16.4. The van der Waals surface area contributed by atoms with Gasteiger partial charge in [0.2, 0.25) is 0 Å². The van der Waals surface area contributed by atoms with Crippen molar-refractivity contribution in [3.8, 4) is 0 Å². The van der Waals surface area contributed by atoms with E-state index in [0.717, 1.165) is 0 Å². The summed E-state index contributed by atoms with van der Waals surface area (Å²) in [6.07, 6.45) is 4.04. The minimum atomic E-state index is -0.946. The fourth-order valence-electron chi connectivity index (χ4n) is 1.07. The number of carboxylic acid groups (broad SMARTS) is 1. The molecule has 15 heavy (non-hydrogen) atoms. The Kier molecular flexibility index (Phi) is 3.74. The van der Waals surface area contributed by atoms with Gasteiger partial charge < -0.3 is 5.11 Å². The molecule has 0 saturated carbocycles. The highest BCUT2D eigenvalue weighted by Crippen LogP contribution is 2.08. The van der Waals surface area contributed by atoms with Gasteiger partial charge in [0.15, 0.2) is 6.29 Å². The molecule has 0 atom stereocenters. The van der Waals surface area contributed by atoms with Crippen molar-refractivity contribution in [1.29, 1.82) is 0 Å². The minimum absolute atomic E-state index is 0.293. The van der Waals surface area contributed by atoms with E-state index in [1.165, 1.54) is 12.3 Å². The monoisotopic (exact) mass is 205 g/mol. The summed E-state index contributed by atoms with van der Waals surface area (Å²) in [4.78, 5) is 25.0. The van der Waals surface area contributed by atoms with Crippen molar-refractivity contribution >= 4 is 18.3 Å². The quantitative estimate of drug-likeness (QED) is 0.600. The topological polar surface area (TPSA) is 67.3 Å². The predicted octanol–water partition coefficient (Wildman–Crippen LogP) is 1.77. The van der Waals surface area contributed by atoms with Crippen molar-refractivity contribution in [3.05, 3.63) is 35.2 Å². The highest BCUT2D eigenvalue weighted by molar-refractivity contribution is 5.91. The molecule has 0 spiro atoms. The maximum atomic E-state index is 10.7. The third kappa shape index (κ3) is 3.02. The SMILES string of the molecule is CCC(=Cc1ccc(C=O)cn1)C(=O)O. The van der Waals surface area contributed by atoms with Gasteiger partial charge in [0.1, 0.15) is 0 Å². The van der Waals surface area contributed by atoms with Crippen LogP contribution in [-0.2, 0) is 4.79 Å². The van der Waals surface area contributed by atoms with Gasteiger partial charge in [-0.1, -0.05) is 6.92 Å². The summed E-state index contributed by atoms with van der Waals surface area (Å²) in [5.41, 5.74) is 1.31. The van der Waals surface area contributed by atoms with Crippen LogP contribution in [0.5, 0.6) is 0 Å². The number of pyridine rings is 1. The van der Waals surface area contributed by atoms with E-state index in [1.807, 2.05) is 0 Å². The second kappa shape index (κ2) is 5.05. The number of aldehydes is 1. The molecule has 0 saturated heterocycles. The summed E-state index contributed by atoms with van der Waals surface area (Å²) in [5, 5.41) is 8.78. The van der Waals surface area contributed by atoms with Crippen molar-refractivity contribution < 1.29 is 14.7 Å². The van der Waals surface area contributed by atoms with Crippen molar-refractivity contribution in [1.82, 2.24) is 4.98 Å². The molecule has 0 aliphatic rings. The fourth-order valence-corrected chi connectivity index (χ4v) is 1.07. The molecule has 0 amide bonds. The number of hydrogen-bond donors (Lipinski definition) is 1. The number of carbonyl (C=O) groups excluding carboxylic acids is 1. The zero-order chi connectivity index (χ0) is 11.3. The molecule has 1 rings (SSSR count). The maximum absolute atomic E-state index is 10.7. The average Bonchev–Trinajstić information content (AvgIpc) is 2.26. The van der Waals surface area contributed by atoms with E-state index in [2.05, 4.69) is 4.98 Å². The molecule has 1 aromatic heterocycles. The number of nitrogens with zero attached hydrogens (tertiary/aromatic N) is 1. The molecule has 0 unspecified atom stereocenters. The molecule has 0 radical (unpaired) electrons. The molecule has 1 aromatic rings. The van der Waals surface area contributed by atoms with Gasteiger partial charge in [0, 0.05) is 17.3 Å². The molecule has 78 valence electrons. The Balaban J connectivity index is 2.96. The first kappa shape index (κ1) is 11.1. The Hall–Kier alpha value is -1.97. The van der Waals surface area contributed by atoms with Gasteiger partial charge >= 0.3 is 5.97 Å². The Morgan fingerprint density at radius 3 is 2.67 bits per heavy atom. The summed E-state index contributed by atoms with van der Waals surface area (Å²) in [7, 11) is 0. The Bertz CT molecular complexity index is 393. The lowest BCUT2D eigenvalue weighted by Gasteiger charge is -1.98. The maximum Gasteiger partial charge on any atom is 0.331 e. The van der Waals surface area contributed by atoms with E-state index >= 15 is 0 Å². The molecule has 0 aliphatic heterocycles. The first-order chi connectivity index (χ1) is 7.17. The third-order valence-electron chi connectivity index (χ3n) is 1.92. The molecule has 0 aliphatic carbocycles. The summed E-state index contributed by atoms with van der Waals surface area (Å²) in [5.74, 6) is -0.946. The largest absolute Gasteiger partial charge is 0.478 e. The smallest absolute Gasteiger partial charge is 0.331 e. The predicted molar refractivity (Wildman–Crippen MR) is 55.5 cm³/mol. The summed E-state index contributed by atoms with van der Waals surface area (Å²) in [6.45, 7) is 1.76. The first-order valence-corrected chi connectivity index (χ1v) is 4.52. The van der Waals surface area contributed by atoms with Crippen LogP contribution >= 0.6 is 0 Å². The summed E-state index contributed by atoms with van der Waals surface area (Å²) < 4.78 is 0. The standard InChI is InChI=1S/C11H11NO3/c1-2-9(11(14)15)5-10-4-3-8(7-13)6-12-10/h3-7H,2H2,1H3,(H,14,15). The van der Waals surface area contributed by atoms with Crippen LogP contribution in [0.2, 0.25) is 0 Å². The number of carboxylic acids is 1. The van der Waals surface area contributed by atoms with Crippen molar-refractivity contribution in [2.24, 2.45) is 0 Å². The van der Waals surface area contributed by atoms with E-state index in [9.17, 15) is 9.59 Å². The number of aromatic nitrogens is 1. The molecule has 1 N–H and O–H groups in total. The second-order valence-electron chi connectivity index (χ2n) is 2.96. The van der Waals surface area contributed by atoms with Gasteiger partial charge in [-0.25, -0.2) is 4.79 Å². The van der Waals surface area contributed by atoms with Gasteiger partial charge in [0.25, 0.3) is 0 Å². The molecule has 4 nitrogen and oxygen atoms in total. The van der Waals surface area contributed by atoms with E-state index < -0.39 is 5.97 Å². The Labute approximate surface area is 87.3 Å². The highest BCUT2D eigenvalue weighted by Gasteiger charge is 2.04. The Morgan fingerprint density at radius 1 is 1.53 bits per heavy atom. The molecular weight excluding hydrogens is 194 g/mol. The molecule has 0 fully saturated rings. The van der Waals surface area contributed by atoms with Gasteiger partial charge in [-0.2, -0.15) is 0 Å². The number of aliphatic carboxylic acids is 1. The lowest BCUT2D eigenvalue weighted by atomic mass is 10.1. The van der Waals surface area contributed by atoms with Gasteiger partial charge in [0.05, 0.1) is 5.69 Å². The van der Waals surface area contributed by atoms with Crippen molar-refractivity contribution in [2.75, 3.05) is 0 Å². The number of hydrogen-bond acceptors (Lipinski definition) is 3. The van der Waals surface area contributed by atoms with E-state index in [0.29, 0.717) is 29.5 Å². The summed E-state index contributed by atoms with van der Waals surface area (Å²) in [6, 6.07) is 3.21. The van der Waals surface area contributed by atoms with Gasteiger partial charge in [-0.15, -0.1) is 0 Å². The van der Waals surface area contributed by atoms with Crippen LogP contribution in [0.25, 0.3) is 6.08 Å². The lowest BCUT2D eigenvalue weighted by Crippen LogP contribution is -1.99. The lowest BCUT2D eigenvalue weighted by molar-refractivity contribution is -0.132. The number of carbonyl (C=O) groups is 2. The molecule has 4 heteroatoms. The second-order valence-corrected chi connectivity index (χ2v) is 2.96.